The number of hydrogen-bond acceptors (Lipinski definition) is 2. The largest absolute Gasteiger partial charge is 0.416 e. The SMILES string of the molecule is C=c1/c(=C/c2cccn2-c2cccc(C(F)(F)F)c2)c(=O)[nH]c(=S)n1-c1cccc(C)c1. The Balaban J connectivity index is 1.92. The van der Waals surface area contributed by atoms with Crippen LogP contribution < -0.4 is 16.1 Å². The highest BCUT2D eigenvalue weighted by molar-refractivity contribution is 7.71. The predicted molar refractivity (Wildman–Crippen MR) is 121 cm³/mol. The topological polar surface area (TPSA) is 42.7 Å². The Bertz CT molecular complexity index is 1540. The molecule has 1 N–H and O–H groups in total. The average Bonchev–Trinajstić information content (AvgIpc) is 3.19. The van der Waals surface area contributed by atoms with Crippen molar-refractivity contribution in [3.05, 3.63) is 109 Å². The molecule has 0 saturated heterocycles. The van der Waals surface area contributed by atoms with E-state index in [1.165, 1.54) is 6.07 Å². The van der Waals surface area contributed by atoms with Crippen molar-refractivity contribution in [3.8, 4) is 11.4 Å². The minimum atomic E-state index is -4.46. The van der Waals surface area contributed by atoms with Crippen LogP contribution in [0.1, 0.15) is 16.8 Å². The molecule has 0 aliphatic rings. The molecule has 2 aromatic heterocycles. The zero-order valence-corrected chi connectivity index (χ0v) is 17.8. The first kappa shape index (κ1) is 21.6. The number of halogens is 3. The molecule has 0 aliphatic carbocycles. The summed E-state index contributed by atoms with van der Waals surface area (Å²) in [7, 11) is 0. The first-order chi connectivity index (χ1) is 15.1. The molecule has 2 aromatic carbocycles. The summed E-state index contributed by atoms with van der Waals surface area (Å²) in [5.74, 6) is 0. The molecule has 0 aliphatic heterocycles. The summed E-state index contributed by atoms with van der Waals surface area (Å²) in [4.78, 5) is 15.4. The van der Waals surface area contributed by atoms with Crippen LogP contribution in [0.15, 0.2) is 71.7 Å². The lowest BCUT2D eigenvalue weighted by atomic mass is 10.2. The predicted octanol–water partition coefficient (Wildman–Crippen LogP) is 4.25. The highest BCUT2D eigenvalue weighted by atomic mass is 32.1. The van der Waals surface area contributed by atoms with E-state index in [9.17, 15) is 18.0 Å². The van der Waals surface area contributed by atoms with Crippen LogP contribution in [0, 0.1) is 11.7 Å². The molecule has 0 spiro atoms. The van der Waals surface area contributed by atoms with Gasteiger partial charge in [-0.25, -0.2) is 0 Å². The van der Waals surface area contributed by atoms with Crippen molar-refractivity contribution in [1.82, 2.24) is 14.1 Å². The lowest BCUT2D eigenvalue weighted by molar-refractivity contribution is -0.137. The molecule has 4 rings (SSSR count). The van der Waals surface area contributed by atoms with Crippen molar-refractivity contribution in [2.45, 2.75) is 13.1 Å². The Kier molecular flexibility index (Phi) is 5.48. The van der Waals surface area contributed by atoms with Crippen LogP contribution >= 0.6 is 12.2 Å². The van der Waals surface area contributed by atoms with E-state index in [0.717, 1.165) is 23.4 Å². The molecule has 0 bridgehead atoms. The maximum atomic E-state index is 13.2. The second-order valence-corrected chi connectivity index (χ2v) is 7.68. The number of aryl methyl sites for hydroxylation is 1. The lowest BCUT2D eigenvalue weighted by Gasteiger charge is -2.11. The second-order valence-electron chi connectivity index (χ2n) is 7.29. The first-order valence-electron chi connectivity index (χ1n) is 9.63. The normalized spacial score (nSPS) is 12.3. The number of nitrogens with zero attached hydrogens (tertiary/aromatic N) is 2. The van der Waals surface area contributed by atoms with Gasteiger partial charge in [0.25, 0.3) is 5.56 Å². The number of aromatic amines is 1. The van der Waals surface area contributed by atoms with Crippen molar-refractivity contribution in [2.24, 2.45) is 0 Å². The van der Waals surface area contributed by atoms with E-state index < -0.39 is 17.3 Å². The molecule has 4 nitrogen and oxygen atoms in total. The second kappa shape index (κ2) is 8.12. The van der Waals surface area contributed by atoms with Crippen LogP contribution in [0.3, 0.4) is 0 Å². The van der Waals surface area contributed by atoms with Crippen LogP contribution in [0.5, 0.6) is 0 Å². The molecule has 2 heterocycles. The van der Waals surface area contributed by atoms with Gasteiger partial charge in [-0.15, -0.1) is 0 Å². The lowest BCUT2D eigenvalue weighted by Crippen LogP contribution is -2.46. The quantitative estimate of drug-likeness (QED) is 0.472. The fraction of sp³-hybridized carbons (Fsp3) is 0.0833. The number of nitrogens with one attached hydrogen (secondary N) is 1. The number of H-pyrrole nitrogens is 1. The molecular weight excluding hydrogens is 435 g/mol. The molecular formula is C24H18F3N3OS. The van der Waals surface area contributed by atoms with Gasteiger partial charge in [0.15, 0.2) is 4.77 Å². The molecule has 0 amide bonds. The number of alkyl halides is 3. The standard InChI is InChI=1S/C24H18F3N3OS/c1-15-6-3-9-20(12-15)30-16(2)21(22(31)28-23(30)32)14-19-10-5-11-29(19)18-8-4-7-17(13-18)24(25,26)27/h3-14H,2H2,1H3,(H,28,31,32)/b21-14-. The number of aromatic nitrogens is 3. The number of hydrogen-bond donors (Lipinski definition) is 1. The van der Waals surface area contributed by atoms with Crippen LogP contribution in [0.2, 0.25) is 0 Å². The summed E-state index contributed by atoms with van der Waals surface area (Å²) in [5, 5.41) is 0.633. The third kappa shape index (κ3) is 4.09. The maximum absolute atomic E-state index is 13.2. The molecule has 32 heavy (non-hydrogen) atoms. The molecule has 0 fully saturated rings. The van der Waals surface area contributed by atoms with Crippen LogP contribution in [0.25, 0.3) is 24.0 Å². The summed E-state index contributed by atoms with van der Waals surface area (Å²) >= 11 is 5.35. The third-order valence-corrected chi connectivity index (χ3v) is 5.32. The highest BCUT2D eigenvalue weighted by Crippen LogP contribution is 2.30. The molecule has 0 radical (unpaired) electrons. The van der Waals surface area contributed by atoms with E-state index in [-0.39, 0.29) is 9.99 Å². The third-order valence-electron chi connectivity index (χ3n) is 5.03. The fourth-order valence-electron chi connectivity index (χ4n) is 3.51. The van der Waals surface area contributed by atoms with Gasteiger partial charge < -0.3 is 4.57 Å². The van der Waals surface area contributed by atoms with Crippen LogP contribution in [-0.4, -0.2) is 14.1 Å². The maximum Gasteiger partial charge on any atom is 0.416 e. The van der Waals surface area contributed by atoms with Crippen molar-refractivity contribution in [2.75, 3.05) is 0 Å². The molecule has 8 heteroatoms. The summed E-state index contributed by atoms with van der Waals surface area (Å²) < 4.78 is 42.9. The number of benzene rings is 2. The molecule has 4 aromatic rings. The zero-order chi connectivity index (χ0) is 23.0. The van der Waals surface area contributed by atoms with E-state index in [2.05, 4.69) is 11.6 Å². The van der Waals surface area contributed by atoms with Crippen molar-refractivity contribution in [1.29, 1.82) is 0 Å². The van der Waals surface area contributed by atoms with Gasteiger partial charge in [-0.1, -0.05) is 24.8 Å². The fourth-order valence-corrected chi connectivity index (χ4v) is 3.82. The molecule has 0 unspecified atom stereocenters. The molecule has 162 valence electrons. The van der Waals surface area contributed by atoms with Gasteiger partial charge in [-0.2, -0.15) is 13.2 Å². The Hall–Kier alpha value is -3.65. The smallest absolute Gasteiger partial charge is 0.317 e. The van der Waals surface area contributed by atoms with Gasteiger partial charge in [0, 0.05) is 23.3 Å². The van der Waals surface area contributed by atoms with E-state index >= 15 is 0 Å². The Morgan fingerprint density at radius 3 is 2.47 bits per heavy atom. The van der Waals surface area contributed by atoms with Crippen molar-refractivity contribution >= 4 is 24.9 Å². The molecule has 0 saturated carbocycles. The van der Waals surface area contributed by atoms with E-state index in [1.807, 2.05) is 31.2 Å². The minimum absolute atomic E-state index is 0.205. The Morgan fingerprint density at radius 1 is 1.03 bits per heavy atom. The minimum Gasteiger partial charge on any atom is -0.317 e. The van der Waals surface area contributed by atoms with E-state index in [0.29, 0.717) is 16.7 Å². The summed E-state index contributed by atoms with van der Waals surface area (Å²) in [5.41, 5.74) is 1.43. The van der Waals surface area contributed by atoms with Gasteiger partial charge in [-0.05, 0) is 73.2 Å². The van der Waals surface area contributed by atoms with Crippen molar-refractivity contribution < 1.29 is 13.2 Å². The highest BCUT2D eigenvalue weighted by Gasteiger charge is 2.30. The van der Waals surface area contributed by atoms with E-state index in [4.69, 9.17) is 12.2 Å². The van der Waals surface area contributed by atoms with Crippen LogP contribution in [-0.2, 0) is 6.18 Å². The van der Waals surface area contributed by atoms with Crippen molar-refractivity contribution in [3.63, 3.8) is 0 Å². The summed E-state index contributed by atoms with van der Waals surface area (Å²) in [6, 6.07) is 16.0. The van der Waals surface area contributed by atoms with Gasteiger partial charge in [0.05, 0.1) is 16.1 Å². The van der Waals surface area contributed by atoms with Gasteiger partial charge >= 0.3 is 6.18 Å². The number of rotatable bonds is 3. The van der Waals surface area contributed by atoms with Gasteiger partial charge in [0.2, 0.25) is 0 Å². The zero-order valence-electron chi connectivity index (χ0n) is 17.0. The summed E-state index contributed by atoms with van der Waals surface area (Å²) in [6.07, 6.45) is -1.24. The Labute approximate surface area is 186 Å². The Morgan fingerprint density at radius 2 is 1.75 bits per heavy atom. The van der Waals surface area contributed by atoms with Gasteiger partial charge in [-0.3, -0.25) is 14.3 Å². The van der Waals surface area contributed by atoms with Gasteiger partial charge in [0.1, 0.15) is 0 Å². The first-order valence-corrected chi connectivity index (χ1v) is 10.0. The van der Waals surface area contributed by atoms with E-state index in [1.54, 1.807) is 39.6 Å². The average molecular weight is 453 g/mol. The monoisotopic (exact) mass is 453 g/mol. The molecule has 0 atom stereocenters. The summed E-state index contributed by atoms with van der Waals surface area (Å²) in [6.45, 7) is 6.01. The van der Waals surface area contributed by atoms with Crippen LogP contribution in [0.4, 0.5) is 13.2 Å².